The summed E-state index contributed by atoms with van der Waals surface area (Å²) in [5.41, 5.74) is -0.225. The summed E-state index contributed by atoms with van der Waals surface area (Å²) >= 11 is 0. The minimum absolute atomic E-state index is 0.00131. The Kier molecular flexibility index (Phi) is 8.70. The molecule has 0 saturated carbocycles. The largest absolute Gasteiger partial charge is 0.503 e. The van der Waals surface area contributed by atoms with Crippen molar-refractivity contribution in [3.05, 3.63) is 18.0 Å². The van der Waals surface area contributed by atoms with Gasteiger partial charge in [0.15, 0.2) is 23.2 Å². The van der Waals surface area contributed by atoms with Crippen molar-refractivity contribution in [2.75, 3.05) is 20.3 Å². The Morgan fingerprint density at radius 2 is 2.21 bits per heavy atom. The maximum absolute atomic E-state index is 12.7. The summed E-state index contributed by atoms with van der Waals surface area (Å²) in [7, 11) is 1.38. The molecular weight excluding hydrogens is 376 g/mol. The molecule has 1 aliphatic rings. The predicted octanol–water partition coefficient (Wildman–Crippen LogP) is 2.69. The number of cyclic esters (lactones) is 1. The highest BCUT2D eigenvalue weighted by Gasteiger charge is 2.30. The molecule has 8 heteroatoms. The fraction of sp³-hybridized carbons (Fsp3) is 0.667. The molecule has 1 saturated heterocycles. The molecule has 0 bridgehead atoms. The first-order valence-electron chi connectivity index (χ1n) is 10.1. The number of nitrogens with zero attached hydrogens (tertiary/aromatic N) is 1. The fourth-order valence-corrected chi connectivity index (χ4v) is 3.33. The van der Waals surface area contributed by atoms with Gasteiger partial charge in [0, 0.05) is 18.9 Å². The fourth-order valence-electron chi connectivity index (χ4n) is 3.33. The van der Waals surface area contributed by atoms with E-state index in [1.165, 1.54) is 19.4 Å². The number of carbonyl (C=O) groups excluding carboxylic acids is 2. The number of pyridine rings is 1. The van der Waals surface area contributed by atoms with E-state index >= 15 is 0 Å². The normalized spacial score (nSPS) is 23.3. The molecule has 2 heterocycles. The molecule has 1 aromatic rings. The highest BCUT2D eigenvalue weighted by atomic mass is 16.5. The van der Waals surface area contributed by atoms with Crippen molar-refractivity contribution in [1.82, 2.24) is 10.3 Å². The standard InChI is InChI=1S/C21H32N2O6/c1-13(2)7-8-15-6-5-11-28-12-16(21(26)29-14(15)3)23-20(25)18-19(24)17(27-4)9-10-22-18/h9-10,13-16,24H,5-8,11-12H2,1-4H3,(H,23,25)/t14-,15-,16-/m0/s1. The zero-order valence-corrected chi connectivity index (χ0v) is 17.6. The number of rotatable bonds is 6. The van der Waals surface area contributed by atoms with Gasteiger partial charge in [-0.25, -0.2) is 9.78 Å². The number of aromatic nitrogens is 1. The Labute approximate surface area is 171 Å². The Morgan fingerprint density at radius 3 is 2.90 bits per heavy atom. The molecule has 0 aromatic carbocycles. The van der Waals surface area contributed by atoms with Crippen LogP contribution in [0.5, 0.6) is 11.5 Å². The van der Waals surface area contributed by atoms with E-state index in [1.54, 1.807) is 0 Å². The van der Waals surface area contributed by atoms with Gasteiger partial charge in [0.2, 0.25) is 0 Å². The van der Waals surface area contributed by atoms with Crippen molar-refractivity contribution in [3.63, 3.8) is 0 Å². The van der Waals surface area contributed by atoms with Crippen LogP contribution in [-0.2, 0) is 14.3 Å². The smallest absolute Gasteiger partial charge is 0.331 e. The number of hydrogen-bond acceptors (Lipinski definition) is 7. The van der Waals surface area contributed by atoms with Crippen LogP contribution in [0, 0.1) is 11.8 Å². The minimum Gasteiger partial charge on any atom is -0.503 e. The number of ether oxygens (including phenoxy) is 3. The molecule has 0 spiro atoms. The minimum atomic E-state index is -0.985. The van der Waals surface area contributed by atoms with Gasteiger partial charge in [0.05, 0.1) is 13.7 Å². The Bertz CT molecular complexity index is 694. The van der Waals surface area contributed by atoms with Crippen LogP contribution in [0.1, 0.15) is 56.9 Å². The van der Waals surface area contributed by atoms with E-state index in [-0.39, 0.29) is 35.8 Å². The summed E-state index contributed by atoms with van der Waals surface area (Å²) in [5.74, 6) is -0.679. The third-order valence-corrected chi connectivity index (χ3v) is 5.14. The highest BCUT2D eigenvalue weighted by molar-refractivity contribution is 5.98. The first-order valence-corrected chi connectivity index (χ1v) is 10.1. The molecule has 2 N–H and O–H groups in total. The molecule has 0 radical (unpaired) electrons. The monoisotopic (exact) mass is 408 g/mol. The van der Waals surface area contributed by atoms with Gasteiger partial charge in [-0.3, -0.25) is 4.79 Å². The number of carbonyl (C=O) groups is 2. The van der Waals surface area contributed by atoms with E-state index in [1.807, 2.05) is 6.92 Å². The van der Waals surface area contributed by atoms with Crippen LogP contribution in [0.4, 0.5) is 0 Å². The molecule has 2 rings (SSSR count). The van der Waals surface area contributed by atoms with E-state index in [0.29, 0.717) is 12.5 Å². The molecule has 29 heavy (non-hydrogen) atoms. The third kappa shape index (κ3) is 6.59. The summed E-state index contributed by atoms with van der Waals surface area (Å²) < 4.78 is 16.2. The van der Waals surface area contributed by atoms with Gasteiger partial charge in [-0.1, -0.05) is 20.3 Å². The zero-order chi connectivity index (χ0) is 21.4. The summed E-state index contributed by atoms with van der Waals surface area (Å²) in [6, 6.07) is 0.451. The Morgan fingerprint density at radius 1 is 1.45 bits per heavy atom. The van der Waals surface area contributed by atoms with Gasteiger partial charge in [-0.05, 0) is 38.0 Å². The van der Waals surface area contributed by atoms with Crippen molar-refractivity contribution >= 4 is 11.9 Å². The number of nitrogens with one attached hydrogen (secondary N) is 1. The molecule has 1 amide bonds. The van der Waals surface area contributed by atoms with Crippen LogP contribution < -0.4 is 10.1 Å². The maximum atomic E-state index is 12.7. The Balaban J connectivity index is 2.08. The average Bonchev–Trinajstić information content (AvgIpc) is 2.68. The molecule has 3 atom stereocenters. The van der Waals surface area contributed by atoms with Crippen molar-refractivity contribution < 1.29 is 28.9 Å². The van der Waals surface area contributed by atoms with Gasteiger partial charge in [0.25, 0.3) is 5.91 Å². The molecule has 0 aliphatic carbocycles. The quantitative estimate of drug-likeness (QED) is 0.697. The summed E-state index contributed by atoms with van der Waals surface area (Å²) in [4.78, 5) is 29.1. The van der Waals surface area contributed by atoms with Crippen molar-refractivity contribution in [3.8, 4) is 11.5 Å². The third-order valence-electron chi connectivity index (χ3n) is 5.14. The zero-order valence-electron chi connectivity index (χ0n) is 17.6. The summed E-state index contributed by atoms with van der Waals surface area (Å²) in [6.45, 7) is 6.76. The second-order valence-corrected chi connectivity index (χ2v) is 7.83. The van der Waals surface area contributed by atoms with Crippen LogP contribution in [-0.4, -0.2) is 54.4 Å². The second kappa shape index (κ2) is 11.0. The lowest BCUT2D eigenvalue weighted by Gasteiger charge is -2.28. The lowest BCUT2D eigenvalue weighted by atomic mass is 9.90. The lowest BCUT2D eigenvalue weighted by molar-refractivity contribution is -0.156. The number of hydrogen-bond donors (Lipinski definition) is 2. The molecular formula is C21H32N2O6. The molecule has 0 unspecified atom stereocenters. The number of esters is 1. The molecule has 8 nitrogen and oxygen atoms in total. The van der Waals surface area contributed by atoms with Crippen molar-refractivity contribution in [2.45, 2.75) is 58.6 Å². The predicted molar refractivity (Wildman–Crippen MR) is 107 cm³/mol. The van der Waals surface area contributed by atoms with Gasteiger partial charge in [0.1, 0.15) is 6.10 Å². The average molecular weight is 408 g/mol. The van der Waals surface area contributed by atoms with Gasteiger partial charge >= 0.3 is 5.97 Å². The van der Waals surface area contributed by atoms with E-state index in [9.17, 15) is 14.7 Å². The van der Waals surface area contributed by atoms with E-state index in [2.05, 4.69) is 24.1 Å². The molecule has 1 aliphatic heterocycles. The molecule has 1 fully saturated rings. The summed E-state index contributed by atoms with van der Waals surface area (Å²) in [5, 5.41) is 12.7. The maximum Gasteiger partial charge on any atom is 0.331 e. The van der Waals surface area contributed by atoms with Crippen molar-refractivity contribution in [2.24, 2.45) is 11.8 Å². The van der Waals surface area contributed by atoms with E-state index < -0.39 is 17.9 Å². The van der Waals surface area contributed by atoms with Gasteiger partial charge in [-0.15, -0.1) is 0 Å². The van der Waals surface area contributed by atoms with Crippen LogP contribution >= 0.6 is 0 Å². The first kappa shape index (κ1) is 22.9. The van der Waals surface area contributed by atoms with E-state index in [4.69, 9.17) is 14.2 Å². The van der Waals surface area contributed by atoms with Crippen LogP contribution in [0.15, 0.2) is 12.3 Å². The van der Waals surface area contributed by atoms with Crippen molar-refractivity contribution in [1.29, 1.82) is 0 Å². The lowest BCUT2D eigenvalue weighted by Crippen LogP contribution is -2.47. The summed E-state index contributed by atoms with van der Waals surface area (Å²) in [6.07, 6.45) is 4.93. The van der Waals surface area contributed by atoms with E-state index in [0.717, 1.165) is 25.7 Å². The molecule has 1 aromatic heterocycles. The topological polar surface area (TPSA) is 107 Å². The first-order chi connectivity index (χ1) is 13.8. The Hall–Kier alpha value is -2.35. The number of methoxy groups -OCH3 is 1. The van der Waals surface area contributed by atoms with Crippen LogP contribution in [0.3, 0.4) is 0 Å². The SMILES string of the molecule is COc1ccnc(C(=O)N[C@H]2COCCC[C@@H](CCC(C)C)[C@H](C)OC2=O)c1O. The highest BCUT2D eigenvalue weighted by Crippen LogP contribution is 2.28. The van der Waals surface area contributed by atoms with Crippen LogP contribution in [0.2, 0.25) is 0 Å². The van der Waals surface area contributed by atoms with Crippen LogP contribution in [0.25, 0.3) is 0 Å². The second-order valence-electron chi connectivity index (χ2n) is 7.83. The van der Waals surface area contributed by atoms with Gasteiger partial charge < -0.3 is 24.6 Å². The number of aromatic hydroxyl groups is 1. The number of amides is 1. The van der Waals surface area contributed by atoms with Gasteiger partial charge in [-0.2, -0.15) is 0 Å². The molecule has 162 valence electrons.